The quantitative estimate of drug-likeness (QED) is 0.250. The highest BCUT2D eigenvalue weighted by Crippen LogP contribution is 2.49. The fraction of sp³-hybridized carbons (Fsp3) is 0.652. The van der Waals surface area contributed by atoms with E-state index in [2.05, 4.69) is 9.97 Å². The molecule has 2 aromatic rings. The predicted octanol–water partition coefficient (Wildman–Crippen LogP) is 1.86. The van der Waals surface area contributed by atoms with Crippen LogP contribution in [0.1, 0.15) is 18.4 Å². The first-order valence-corrected chi connectivity index (χ1v) is 15.4. The van der Waals surface area contributed by atoms with Crippen LogP contribution >= 0.6 is 11.3 Å². The van der Waals surface area contributed by atoms with Crippen molar-refractivity contribution in [3.05, 3.63) is 40.2 Å². The van der Waals surface area contributed by atoms with Gasteiger partial charge in [0.05, 0.1) is 30.3 Å². The number of aliphatic hydroxyl groups is 2. The minimum Gasteiger partial charge on any atom is -0.393 e. The number of fused-ring (bicyclic) bond motifs is 2. The molecule has 0 spiro atoms. The lowest BCUT2D eigenvalue weighted by Gasteiger charge is -2.50. The van der Waals surface area contributed by atoms with Crippen LogP contribution in [0.4, 0.5) is 37.3 Å². The number of alkyl halides is 6. The summed E-state index contributed by atoms with van der Waals surface area (Å²) in [6.45, 7) is 0.122. The summed E-state index contributed by atoms with van der Waals surface area (Å²) >= 11 is 0.468. The van der Waals surface area contributed by atoms with Crippen LogP contribution in [0.25, 0.3) is 0 Å². The number of halogens is 6. The van der Waals surface area contributed by atoms with E-state index < -0.39 is 50.6 Å². The molecular formula is C23H26F6N6O7S2. The zero-order valence-electron chi connectivity index (χ0n) is 22.5. The molecule has 0 aliphatic carbocycles. The van der Waals surface area contributed by atoms with E-state index >= 15 is 0 Å². The van der Waals surface area contributed by atoms with Gasteiger partial charge in [-0.15, -0.1) is 0 Å². The van der Waals surface area contributed by atoms with E-state index in [0.717, 1.165) is 16.4 Å². The van der Waals surface area contributed by atoms with E-state index in [1.807, 2.05) is 4.90 Å². The SMILES string of the molecule is O=[N+]([O-])c1ccc(S(=O)(=O)N2CCN(c3ncc(C(O)(C(F)(F)F)C(F)(F)F)cn3)[C@@H](CN3[C@@H]4COC[C@H]3CC(O)C4)C2)s1. The van der Waals surface area contributed by atoms with Gasteiger partial charge in [0.25, 0.3) is 15.6 Å². The van der Waals surface area contributed by atoms with E-state index in [-0.39, 0.29) is 79.0 Å². The molecule has 0 amide bonds. The van der Waals surface area contributed by atoms with Crippen LogP contribution in [-0.2, 0) is 20.4 Å². The fourth-order valence-electron chi connectivity index (χ4n) is 5.79. The number of thiophene rings is 1. The molecule has 5 rings (SSSR count). The average molecular weight is 677 g/mol. The maximum Gasteiger partial charge on any atom is 0.430 e. The van der Waals surface area contributed by atoms with E-state index in [1.165, 1.54) is 4.90 Å². The van der Waals surface area contributed by atoms with Gasteiger partial charge in [0.2, 0.25) is 5.95 Å². The Bertz CT molecular complexity index is 1450. The summed E-state index contributed by atoms with van der Waals surface area (Å²) in [6, 6.07) is 0.884. The Morgan fingerprint density at radius 2 is 1.64 bits per heavy atom. The van der Waals surface area contributed by atoms with Gasteiger partial charge in [0, 0.05) is 62.3 Å². The lowest BCUT2D eigenvalue weighted by atomic mass is 9.91. The molecule has 1 unspecified atom stereocenters. The van der Waals surface area contributed by atoms with Crippen LogP contribution in [0, 0.1) is 10.1 Å². The highest BCUT2D eigenvalue weighted by atomic mass is 32.2. The van der Waals surface area contributed by atoms with Gasteiger partial charge >= 0.3 is 17.4 Å². The first kappa shape index (κ1) is 32.7. The maximum absolute atomic E-state index is 13.4. The maximum atomic E-state index is 13.4. The largest absolute Gasteiger partial charge is 0.430 e. The standard InChI is InChI=1S/C23H26F6N6O7S2/c24-22(25,26)21(37,23(27,28)29)13-7-30-20(31-8-13)33-4-3-32(44(40,41)19-2-1-18(43-19)35(38)39)9-16(33)10-34-14-5-17(36)6-15(34)12-42-11-14/h1-2,7-8,14-17,36-37H,3-6,9-12H2/t14-,15+,16-,17?/m1/s1. The Morgan fingerprint density at radius 1 is 1.05 bits per heavy atom. The molecule has 13 nitrogen and oxygen atoms in total. The molecule has 44 heavy (non-hydrogen) atoms. The lowest BCUT2D eigenvalue weighted by Crippen LogP contribution is -2.64. The summed E-state index contributed by atoms with van der Waals surface area (Å²) < 4.78 is 114. The van der Waals surface area contributed by atoms with Crippen LogP contribution in [-0.4, -0.2) is 119 Å². The highest BCUT2D eigenvalue weighted by molar-refractivity contribution is 7.91. The van der Waals surface area contributed by atoms with Crippen LogP contribution in [0.5, 0.6) is 0 Å². The van der Waals surface area contributed by atoms with Gasteiger partial charge in [-0.25, -0.2) is 18.4 Å². The smallest absolute Gasteiger partial charge is 0.393 e. The third kappa shape index (κ3) is 5.85. The number of ether oxygens (including phenoxy) is 1. The lowest BCUT2D eigenvalue weighted by molar-refractivity contribution is -0.380. The Labute approximate surface area is 249 Å². The number of hydrogen-bond donors (Lipinski definition) is 2. The number of piperazine rings is 1. The van der Waals surface area contributed by atoms with Gasteiger partial charge in [-0.05, 0) is 30.2 Å². The molecular weight excluding hydrogens is 650 g/mol. The summed E-state index contributed by atoms with van der Waals surface area (Å²) in [5.41, 5.74) is -6.87. The van der Waals surface area contributed by atoms with Crippen molar-refractivity contribution in [3.63, 3.8) is 0 Å². The van der Waals surface area contributed by atoms with Gasteiger partial charge < -0.3 is 19.8 Å². The van der Waals surface area contributed by atoms with Gasteiger partial charge in [-0.3, -0.25) is 15.0 Å². The number of aromatic nitrogens is 2. The van der Waals surface area contributed by atoms with E-state index in [0.29, 0.717) is 24.2 Å². The summed E-state index contributed by atoms with van der Waals surface area (Å²) in [5.74, 6) is -0.298. The number of nitro groups is 1. The molecule has 3 aliphatic rings. The summed E-state index contributed by atoms with van der Waals surface area (Å²) in [7, 11) is -4.23. The molecule has 3 saturated heterocycles. The molecule has 3 fully saturated rings. The molecule has 244 valence electrons. The third-order valence-electron chi connectivity index (χ3n) is 7.99. The molecule has 3 aliphatic heterocycles. The summed E-state index contributed by atoms with van der Waals surface area (Å²) in [6.07, 6.45) is -11.7. The van der Waals surface area contributed by atoms with Crippen molar-refractivity contribution in [2.45, 2.75) is 59.2 Å². The highest BCUT2D eigenvalue weighted by Gasteiger charge is 2.71. The van der Waals surface area contributed by atoms with Crippen LogP contribution < -0.4 is 4.90 Å². The second kappa shape index (κ2) is 11.6. The number of anilines is 1. The second-order valence-electron chi connectivity index (χ2n) is 10.7. The molecule has 0 aromatic carbocycles. The van der Waals surface area contributed by atoms with Gasteiger partial charge in [-0.1, -0.05) is 0 Å². The molecule has 2 aromatic heterocycles. The molecule has 0 radical (unpaired) electrons. The van der Waals surface area contributed by atoms with Crippen molar-refractivity contribution >= 4 is 32.3 Å². The number of piperidine rings is 1. The van der Waals surface area contributed by atoms with Crippen molar-refractivity contribution in [2.24, 2.45) is 0 Å². The van der Waals surface area contributed by atoms with Crippen molar-refractivity contribution in [3.8, 4) is 0 Å². The van der Waals surface area contributed by atoms with Gasteiger partial charge in [0.15, 0.2) is 0 Å². The van der Waals surface area contributed by atoms with Crippen LogP contribution in [0.2, 0.25) is 0 Å². The topological polar surface area (TPSA) is 162 Å². The van der Waals surface area contributed by atoms with Crippen molar-refractivity contribution < 1.29 is 54.6 Å². The van der Waals surface area contributed by atoms with E-state index in [4.69, 9.17) is 4.74 Å². The first-order valence-electron chi connectivity index (χ1n) is 13.1. The third-order valence-corrected chi connectivity index (χ3v) is 11.4. The minimum absolute atomic E-state index is 0.137. The fourth-order valence-corrected chi connectivity index (χ4v) is 8.52. The summed E-state index contributed by atoms with van der Waals surface area (Å²) in [4.78, 5) is 21.3. The number of hydrogen-bond acceptors (Lipinski definition) is 12. The average Bonchev–Trinajstić information content (AvgIpc) is 3.44. The normalized spacial score (nSPS) is 26.1. The van der Waals surface area contributed by atoms with Crippen LogP contribution in [0.3, 0.4) is 0 Å². The molecule has 2 bridgehead atoms. The number of sulfonamides is 1. The predicted molar refractivity (Wildman–Crippen MR) is 139 cm³/mol. The number of aliphatic hydroxyl groups excluding tert-OH is 1. The zero-order valence-corrected chi connectivity index (χ0v) is 24.1. The van der Waals surface area contributed by atoms with E-state index in [1.54, 1.807) is 0 Å². The van der Waals surface area contributed by atoms with Crippen molar-refractivity contribution in [2.75, 3.05) is 44.3 Å². The van der Waals surface area contributed by atoms with Gasteiger partial charge in [0.1, 0.15) is 4.21 Å². The Kier molecular flexibility index (Phi) is 8.61. The number of nitrogens with zero attached hydrogens (tertiary/aromatic N) is 6. The molecule has 2 N–H and O–H groups in total. The summed E-state index contributed by atoms with van der Waals surface area (Å²) in [5, 5.41) is 30.7. The Balaban J connectivity index is 1.46. The molecule has 0 saturated carbocycles. The monoisotopic (exact) mass is 676 g/mol. The first-order chi connectivity index (χ1) is 20.4. The molecule has 4 atom stereocenters. The Hall–Kier alpha value is -2.69. The molecule has 5 heterocycles. The van der Waals surface area contributed by atoms with Crippen LogP contribution in [0.15, 0.2) is 28.7 Å². The number of rotatable bonds is 7. The van der Waals surface area contributed by atoms with Crippen molar-refractivity contribution in [1.29, 1.82) is 0 Å². The molecule has 21 heteroatoms. The number of morpholine rings is 1. The van der Waals surface area contributed by atoms with Crippen molar-refractivity contribution in [1.82, 2.24) is 19.2 Å². The zero-order chi connectivity index (χ0) is 32.2. The van der Waals surface area contributed by atoms with Gasteiger partial charge in [-0.2, -0.15) is 30.6 Å². The second-order valence-corrected chi connectivity index (χ2v) is 13.9. The Morgan fingerprint density at radius 3 is 2.16 bits per heavy atom. The minimum atomic E-state index is -6.13. The van der Waals surface area contributed by atoms with E-state index in [9.17, 15) is 55.1 Å².